The number of hydrogen-bond donors (Lipinski definition) is 1. The van der Waals surface area contributed by atoms with Crippen LogP contribution in [0, 0.1) is 17.0 Å². The van der Waals surface area contributed by atoms with E-state index < -0.39 is 16.7 Å². The van der Waals surface area contributed by atoms with Gasteiger partial charge in [0.2, 0.25) is 0 Å². The molecule has 33 heavy (non-hydrogen) atoms. The van der Waals surface area contributed by atoms with Gasteiger partial charge in [-0.05, 0) is 54.4 Å². The second kappa shape index (κ2) is 8.76. The smallest absolute Gasteiger partial charge is 0.282 e. The summed E-state index contributed by atoms with van der Waals surface area (Å²) in [6.45, 7) is 1.88. The van der Waals surface area contributed by atoms with Crippen molar-refractivity contribution in [1.82, 2.24) is 0 Å². The molecule has 0 saturated carbocycles. The molecular weight excluding hydrogens is 446 g/mol. The molecule has 0 aromatic heterocycles. The van der Waals surface area contributed by atoms with Crippen LogP contribution in [0.2, 0.25) is 5.02 Å². The number of halogens is 1. The van der Waals surface area contributed by atoms with Crippen LogP contribution in [0.4, 0.5) is 17.1 Å². The van der Waals surface area contributed by atoms with Gasteiger partial charge in [-0.2, -0.15) is 0 Å². The van der Waals surface area contributed by atoms with E-state index in [4.69, 9.17) is 16.3 Å². The van der Waals surface area contributed by atoms with Gasteiger partial charge in [-0.3, -0.25) is 19.7 Å². The van der Waals surface area contributed by atoms with Crippen molar-refractivity contribution < 1.29 is 19.2 Å². The standard InChI is InChI=1S/C24H18ClN3O5/c1-14-7-12-20(33-2)18(13-14)26-22-21(15-8-10-16(11-9-15)28(31)32)23(29)27(24(22)30)19-6-4-3-5-17(19)25/h3-13,26H,1-2H3. The first kappa shape index (κ1) is 22.0. The fourth-order valence-corrected chi connectivity index (χ4v) is 3.79. The predicted molar refractivity (Wildman–Crippen MR) is 125 cm³/mol. The van der Waals surface area contributed by atoms with E-state index in [0.29, 0.717) is 17.0 Å². The third kappa shape index (κ3) is 4.04. The van der Waals surface area contributed by atoms with Crippen LogP contribution >= 0.6 is 11.6 Å². The fourth-order valence-electron chi connectivity index (χ4n) is 3.57. The molecule has 0 saturated heterocycles. The maximum atomic E-state index is 13.5. The summed E-state index contributed by atoms with van der Waals surface area (Å²) in [5.74, 6) is -0.728. The molecule has 0 atom stereocenters. The van der Waals surface area contributed by atoms with Gasteiger partial charge in [-0.1, -0.05) is 29.8 Å². The molecule has 2 amide bonds. The summed E-state index contributed by atoms with van der Waals surface area (Å²) in [4.78, 5) is 38.5. The van der Waals surface area contributed by atoms with Crippen molar-refractivity contribution in [2.75, 3.05) is 17.3 Å². The molecule has 1 heterocycles. The van der Waals surface area contributed by atoms with Gasteiger partial charge in [-0.25, -0.2) is 4.90 Å². The number of aryl methyl sites for hydroxylation is 1. The molecular formula is C24H18ClN3O5. The van der Waals surface area contributed by atoms with Crippen molar-refractivity contribution in [3.63, 3.8) is 0 Å². The Hall–Kier alpha value is -4.17. The van der Waals surface area contributed by atoms with Gasteiger partial charge in [0.05, 0.1) is 34.0 Å². The Labute approximate surface area is 194 Å². The highest BCUT2D eigenvalue weighted by molar-refractivity contribution is 6.48. The predicted octanol–water partition coefficient (Wildman–Crippen LogP) is 4.96. The summed E-state index contributed by atoms with van der Waals surface area (Å²) in [6, 6.07) is 17.3. The van der Waals surface area contributed by atoms with E-state index in [1.165, 1.54) is 31.4 Å². The van der Waals surface area contributed by atoms with Crippen LogP contribution in [0.15, 0.2) is 72.4 Å². The lowest BCUT2D eigenvalue weighted by Gasteiger charge is -2.17. The van der Waals surface area contributed by atoms with Gasteiger partial charge in [0, 0.05) is 12.1 Å². The highest BCUT2D eigenvalue weighted by Gasteiger charge is 2.41. The van der Waals surface area contributed by atoms with Crippen LogP contribution in [0.5, 0.6) is 5.75 Å². The van der Waals surface area contributed by atoms with Gasteiger partial charge in [0.25, 0.3) is 17.5 Å². The zero-order valence-electron chi connectivity index (χ0n) is 17.7. The molecule has 1 aliphatic heterocycles. The highest BCUT2D eigenvalue weighted by atomic mass is 35.5. The van der Waals surface area contributed by atoms with Crippen molar-refractivity contribution in [3.8, 4) is 5.75 Å². The molecule has 166 valence electrons. The minimum atomic E-state index is -0.606. The number of amides is 2. The van der Waals surface area contributed by atoms with E-state index >= 15 is 0 Å². The minimum absolute atomic E-state index is 0.0117. The molecule has 9 heteroatoms. The highest BCUT2D eigenvalue weighted by Crippen LogP contribution is 2.38. The zero-order valence-corrected chi connectivity index (χ0v) is 18.4. The number of carbonyl (C=O) groups is 2. The molecule has 0 spiro atoms. The van der Waals surface area contributed by atoms with Crippen LogP contribution in [-0.2, 0) is 9.59 Å². The summed E-state index contributed by atoms with van der Waals surface area (Å²) >= 11 is 6.28. The number of nitrogens with zero attached hydrogens (tertiary/aromatic N) is 2. The number of non-ortho nitro benzene ring substituents is 1. The third-order valence-corrected chi connectivity index (χ3v) is 5.48. The van der Waals surface area contributed by atoms with E-state index in [1.54, 1.807) is 36.4 Å². The van der Waals surface area contributed by atoms with E-state index in [2.05, 4.69) is 5.32 Å². The Morgan fingerprint density at radius 3 is 2.33 bits per heavy atom. The van der Waals surface area contributed by atoms with E-state index in [1.807, 2.05) is 13.0 Å². The maximum Gasteiger partial charge on any atom is 0.282 e. The van der Waals surface area contributed by atoms with Crippen LogP contribution in [0.25, 0.3) is 5.57 Å². The summed E-state index contributed by atoms with van der Waals surface area (Å²) in [7, 11) is 1.50. The van der Waals surface area contributed by atoms with E-state index in [0.717, 1.165) is 10.5 Å². The number of anilines is 2. The van der Waals surface area contributed by atoms with E-state index in [9.17, 15) is 19.7 Å². The number of nitrogens with one attached hydrogen (secondary N) is 1. The van der Waals surface area contributed by atoms with Crippen molar-refractivity contribution >= 4 is 46.1 Å². The first-order valence-electron chi connectivity index (χ1n) is 9.86. The molecule has 3 aromatic carbocycles. The summed E-state index contributed by atoms with van der Waals surface area (Å²) in [5, 5.41) is 14.3. The molecule has 8 nitrogen and oxygen atoms in total. The fraction of sp³-hybridized carbons (Fsp3) is 0.0833. The number of rotatable bonds is 6. The lowest BCUT2D eigenvalue weighted by molar-refractivity contribution is -0.384. The lowest BCUT2D eigenvalue weighted by atomic mass is 10.0. The SMILES string of the molecule is COc1ccc(C)cc1NC1=C(c2ccc([N+](=O)[O-])cc2)C(=O)N(c2ccccc2Cl)C1=O. The molecule has 0 bridgehead atoms. The Morgan fingerprint density at radius 1 is 1.00 bits per heavy atom. The summed E-state index contributed by atoms with van der Waals surface area (Å²) < 4.78 is 5.40. The number of benzene rings is 3. The van der Waals surface area contributed by atoms with Crippen LogP contribution < -0.4 is 15.0 Å². The first-order chi connectivity index (χ1) is 15.8. The minimum Gasteiger partial charge on any atom is -0.495 e. The monoisotopic (exact) mass is 463 g/mol. The average Bonchev–Trinajstić information content (AvgIpc) is 3.04. The number of hydrogen-bond acceptors (Lipinski definition) is 6. The molecule has 0 fully saturated rings. The number of imide groups is 1. The van der Waals surface area contributed by atoms with Crippen molar-refractivity contribution in [2.45, 2.75) is 6.92 Å². The Morgan fingerprint density at radius 2 is 1.70 bits per heavy atom. The molecule has 0 unspecified atom stereocenters. The zero-order chi connectivity index (χ0) is 23.7. The second-order valence-corrected chi connectivity index (χ2v) is 7.69. The van der Waals surface area contributed by atoms with Crippen molar-refractivity contribution in [2.24, 2.45) is 0 Å². The lowest BCUT2D eigenvalue weighted by Crippen LogP contribution is -2.32. The molecule has 3 aromatic rings. The maximum absolute atomic E-state index is 13.5. The quantitative estimate of drug-likeness (QED) is 0.315. The van der Waals surface area contributed by atoms with Crippen LogP contribution in [-0.4, -0.2) is 23.8 Å². The molecule has 1 N–H and O–H groups in total. The van der Waals surface area contributed by atoms with Crippen molar-refractivity contribution in [3.05, 3.63) is 98.7 Å². The van der Waals surface area contributed by atoms with E-state index in [-0.39, 0.29) is 27.7 Å². The van der Waals surface area contributed by atoms with Gasteiger partial charge < -0.3 is 10.1 Å². The largest absolute Gasteiger partial charge is 0.495 e. The third-order valence-electron chi connectivity index (χ3n) is 5.16. The number of methoxy groups -OCH3 is 1. The van der Waals surface area contributed by atoms with Gasteiger partial charge >= 0.3 is 0 Å². The Bertz CT molecular complexity index is 1320. The summed E-state index contributed by atoms with van der Waals surface area (Å²) in [5.41, 5.74) is 1.94. The van der Waals surface area contributed by atoms with Crippen molar-refractivity contribution in [1.29, 1.82) is 0 Å². The van der Waals surface area contributed by atoms with Gasteiger partial charge in [0.15, 0.2) is 0 Å². The number of nitro benzene ring substituents is 1. The molecule has 1 aliphatic rings. The number of ether oxygens (including phenoxy) is 1. The number of para-hydroxylation sites is 1. The number of nitro groups is 1. The van der Waals surface area contributed by atoms with Gasteiger partial charge in [-0.15, -0.1) is 0 Å². The molecule has 4 rings (SSSR count). The second-order valence-electron chi connectivity index (χ2n) is 7.28. The molecule has 0 radical (unpaired) electrons. The Balaban J connectivity index is 1.87. The van der Waals surface area contributed by atoms with Crippen LogP contribution in [0.3, 0.4) is 0 Å². The summed E-state index contributed by atoms with van der Waals surface area (Å²) in [6.07, 6.45) is 0. The topological polar surface area (TPSA) is 102 Å². The normalized spacial score (nSPS) is 13.5. The Kier molecular flexibility index (Phi) is 5.85. The number of carbonyl (C=O) groups excluding carboxylic acids is 2. The average molecular weight is 464 g/mol. The first-order valence-corrected chi connectivity index (χ1v) is 10.2. The molecule has 0 aliphatic carbocycles. The van der Waals surface area contributed by atoms with Crippen LogP contribution in [0.1, 0.15) is 11.1 Å². The van der Waals surface area contributed by atoms with Gasteiger partial charge in [0.1, 0.15) is 11.4 Å².